The number of hydrogen-bond acceptors (Lipinski definition) is 3. The van der Waals surface area contributed by atoms with Crippen molar-refractivity contribution >= 4 is 29.7 Å². The van der Waals surface area contributed by atoms with Crippen molar-refractivity contribution in [1.82, 2.24) is 4.90 Å². The summed E-state index contributed by atoms with van der Waals surface area (Å²) in [6.45, 7) is 3.73. The number of amides is 1. The maximum Gasteiger partial charge on any atom is 0.242 e. The highest BCUT2D eigenvalue weighted by molar-refractivity contribution is 5.85. The number of likely N-dealkylation sites (N-methyl/N-ethyl adjacent to an activating group) is 1. The van der Waals surface area contributed by atoms with Crippen molar-refractivity contribution in [2.45, 2.75) is 51.5 Å². The first kappa shape index (κ1) is 18.9. The van der Waals surface area contributed by atoms with Gasteiger partial charge in [-0.3, -0.25) is 4.79 Å². The molecule has 2 N–H and O–H groups in total. The molecule has 24 heavy (non-hydrogen) atoms. The standard InChI is InChI=1S/C19H29N3O.ClH/c1-14-8-10-15(11-9-14)21(2)19(23)13-22-12-4-5-16-17(20)6-3-7-18(16)22;/h3,6-7,14-15H,4-5,8-13,20H2,1-2H3;1H. The van der Waals surface area contributed by atoms with Gasteiger partial charge < -0.3 is 15.5 Å². The Morgan fingerprint density at radius 2 is 2.00 bits per heavy atom. The molecule has 2 aliphatic rings. The number of fused-ring (bicyclic) bond motifs is 1. The predicted octanol–water partition coefficient (Wildman–Crippen LogP) is 3.48. The van der Waals surface area contributed by atoms with Gasteiger partial charge in [-0.15, -0.1) is 12.4 Å². The van der Waals surface area contributed by atoms with Gasteiger partial charge in [0.25, 0.3) is 0 Å². The number of nitrogens with two attached hydrogens (primary N) is 1. The third kappa shape index (κ3) is 3.97. The van der Waals surface area contributed by atoms with E-state index in [-0.39, 0.29) is 18.3 Å². The van der Waals surface area contributed by atoms with E-state index in [0.717, 1.165) is 49.5 Å². The molecule has 0 spiro atoms. The van der Waals surface area contributed by atoms with Gasteiger partial charge in [-0.2, -0.15) is 0 Å². The smallest absolute Gasteiger partial charge is 0.242 e. The molecule has 0 unspecified atom stereocenters. The lowest BCUT2D eigenvalue weighted by Gasteiger charge is -2.37. The topological polar surface area (TPSA) is 49.6 Å². The molecule has 5 heteroatoms. The Morgan fingerprint density at radius 3 is 2.71 bits per heavy atom. The number of hydrogen-bond donors (Lipinski definition) is 1. The van der Waals surface area contributed by atoms with Crippen LogP contribution in [0, 0.1) is 5.92 Å². The summed E-state index contributed by atoms with van der Waals surface area (Å²) in [5.74, 6) is 1.05. The summed E-state index contributed by atoms with van der Waals surface area (Å²) >= 11 is 0. The Balaban J connectivity index is 0.00000208. The molecule has 1 fully saturated rings. The summed E-state index contributed by atoms with van der Waals surface area (Å²) in [7, 11) is 1.98. The van der Waals surface area contributed by atoms with Crippen LogP contribution in [-0.2, 0) is 11.2 Å². The summed E-state index contributed by atoms with van der Waals surface area (Å²) in [5.41, 5.74) is 9.32. The molecule has 1 amide bonds. The monoisotopic (exact) mass is 351 g/mol. The molecule has 1 aromatic rings. The van der Waals surface area contributed by atoms with Crippen LogP contribution >= 0.6 is 12.4 Å². The average Bonchev–Trinajstić information content (AvgIpc) is 2.56. The van der Waals surface area contributed by atoms with Crippen LogP contribution in [0.2, 0.25) is 0 Å². The van der Waals surface area contributed by atoms with Gasteiger partial charge in [0.05, 0.1) is 6.54 Å². The van der Waals surface area contributed by atoms with Gasteiger partial charge in [0.2, 0.25) is 5.91 Å². The van der Waals surface area contributed by atoms with E-state index >= 15 is 0 Å². The highest BCUT2D eigenvalue weighted by Crippen LogP contribution is 2.31. The quantitative estimate of drug-likeness (QED) is 0.848. The summed E-state index contributed by atoms with van der Waals surface area (Å²) < 4.78 is 0. The lowest BCUT2D eigenvalue weighted by molar-refractivity contribution is -0.131. The highest BCUT2D eigenvalue weighted by Gasteiger charge is 2.27. The second-order valence-corrected chi connectivity index (χ2v) is 7.29. The highest BCUT2D eigenvalue weighted by atomic mass is 35.5. The van der Waals surface area contributed by atoms with Crippen molar-refractivity contribution in [3.63, 3.8) is 0 Å². The lowest BCUT2D eigenvalue weighted by atomic mass is 9.87. The van der Waals surface area contributed by atoms with Crippen molar-refractivity contribution in [3.05, 3.63) is 23.8 Å². The van der Waals surface area contributed by atoms with E-state index in [9.17, 15) is 4.79 Å². The van der Waals surface area contributed by atoms with Crippen LogP contribution in [0.3, 0.4) is 0 Å². The Hall–Kier alpha value is -1.42. The fourth-order valence-corrected chi connectivity index (χ4v) is 4.00. The Bertz CT molecular complexity index is 570. The lowest BCUT2D eigenvalue weighted by Crippen LogP contribution is -2.45. The number of benzene rings is 1. The number of carbonyl (C=O) groups is 1. The van der Waals surface area contributed by atoms with Crippen LogP contribution in [0.15, 0.2) is 18.2 Å². The number of halogens is 1. The summed E-state index contributed by atoms with van der Waals surface area (Å²) in [6, 6.07) is 6.46. The minimum absolute atomic E-state index is 0. The van der Waals surface area contributed by atoms with E-state index in [1.807, 2.05) is 24.1 Å². The first-order valence-electron chi connectivity index (χ1n) is 8.94. The predicted molar refractivity (Wildman–Crippen MR) is 103 cm³/mol. The summed E-state index contributed by atoms with van der Waals surface area (Å²) in [4.78, 5) is 16.9. The zero-order valence-corrected chi connectivity index (χ0v) is 15.6. The fourth-order valence-electron chi connectivity index (χ4n) is 4.00. The molecule has 0 aromatic heterocycles. The van der Waals surface area contributed by atoms with Crippen LogP contribution in [-0.4, -0.2) is 37.0 Å². The summed E-state index contributed by atoms with van der Waals surface area (Å²) in [5, 5.41) is 0. The van der Waals surface area contributed by atoms with E-state index in [1.54, 1.807) is 0 Å². The molecule has 1 saturated carbocycles. The first-order chi connectivity index (χ1) is 11.1. The number of nitrogens with zero attached hydrogens (tertiary/aromatic N) is 2. The van der Waals surface area contributed by atoms with Crippen LogP contribution in [0.4, 0.5) is 11.4 Å². The minimum atomic E-state index is 0. The van der Waals surface area contributed by atoms with E-state index in [1.165, 1.54) is 18.4 Å². The van der Waals surface area contributed by atoms with Gasteiger partial charge in [-0.05, 0) is 62.1 Å². The molecule has 1 aliphatic carbocycles. The molecule has 134 valence electrons. The van der Waals surface area contributed by atoms with Crippen molar-refractivity contribution in [2.75, 3.05) is 30.8 Å². The third-order valence-corrected chi connectivity index (χ3v) is 5.64. The Labute approximate surface area is 151 Å². The van der Waals surface area contributed by atoms with E-state index < -0.39 is 0 Å². The fraction of sp³-hybridized carbons (Fsp3) is 0.632. The zero-order chi connectivity index (χ0) is 16.4. The molecule has 1 aliphatic heterocycles. The van der Waals surface area contributed by atoms with E-state index in [4.69, 9.17) is 5.73 Å². The third-order valence-electron chi connectivity index (χ3n) is 5.64. The van der Waals surface area contributed by atoms with Gasteiger partial charge in [0.15, 0.2) is 0 Å². The molecule has 1 aromatic carbocycles. The molecule has 0 bridgehead atoms. The number of anilines is 2. The van der Waals surface area contributed by atoms with Crippen molar-refractivity contribution in [2.24, 2.45) is 5.92 Å². The minimum Gasteiger partial charge on any atom is -0.398 e. The second kappa shape index (κ2) is 8.11. The Kier molecular flexibility index (Phi) is 6.39. The largest absolute Gasteiger partial charge is 0.398 e. The van der Waals surface area contributed by atoms with Crippen LogP contribution < -0.4 is 10.6 Å². The normalized spacial score (nSPS) is 23.2. The second-order valence-electron chi connectivity index (χ2n) is 7.29. The summed E-state index contributed by atoms with van der Waals surface area (Å²) in [6.07, 6.45) is 6.86. The van der Waals surface area contributed by atoms with Gasteiger partial charge in [-0.1, -0.05) is 13.0 Å². The SMILES string of the molecule is CC1CCC(N(C)C(=O)CN2CCCc3c(N)cccc32)CC1.Cl. The van der Waals surface area contributed by atoms with Gasteiger partial charge in [0.1, 0.15) is 0 Å². The molecule has 1 heterocycles. The van der Waals surface area contributed by atoms with Crippen LogP contribution in [0.25, 0.3) is 0 Å². The maximum absolute atomic E-state index is 12.7. The maximum atomic E-state index is 12.7. The van der Waals surface area contributed by atoms with Crippen molar-refractivity contribution in [1.29, 1.82) is 0 Å². The number of carbonyl (C=O) groups excluding carboxylic acids is 1. The average molecular weight is 352 g/mol. The number of nitrogen functional groups attached to an aromatic ring is 1. The first-order valence-corrected chi connectivity index (χ1v) is 8.94. The van der Waals surface area contributed by atoms with Crippen molar-refractivity contribution < 1.29 is 4.79 Å². The molecular formula is C19H30ClN3O. The Morgan fingerprint density at radius 1 is 1.29 bits per heavy atom. The van der Waals surface area contributed by atoms with E-state index in [2.05, 4.69) is 17.9 Å². The van der Waals surface area contributed by atoms with Crippen molar-refractivity contribution in [3.8, 4) is 0 Å². The molecular weight excluding hydrogens is 322 g/mol. The molecule has 0 radical (unpaired) electrons. The van der Waals surface area contributed by atoms with Crippen LogP contribution in [0.5, 0.6) is 0 Å². The molecule has 0 saturated heterocycles. The molecule has 3 rings (SSSR count). The van der Waals surface area contributed by atoms with Crippen LogP contribution in [0.1, 0.15) is 44.6 Å². The molecule has 0 atom stereocenters. The van der Waals surface area contributed by atoms with Gasteiger partial charge >= 0.3 is 0 Å². The zero-order valence-electron chi connectivity index (χ0n) is 14.8. The van der Waals surface area contributed by atoms with Gasteiger partial charge in [0, 0.05) is 31.0 Å². The number of rotatable bonds is 3. The van der Waals surface area contributed by atoms with Gasteiger partial charge in [-0.25, -0.2) is 0 Å². The molecule has 4 nitrogen and oxygen atoms in total. The van der Waals surface area contributed by atoms with E-state index in [0.29, 0.717) is 12.6 Å².